The molecule has 3 heteroatoms. The van der Waals surface area contributed by atoms with E-state index in [9.17, 15) is 0 Å². The number of rotatable bonds is 16. The Kier molecular flexibility index (Phi) is 13.4. The van der Waals surface area contributed by atoms with Crippen LogP contribution in [0.5, 0.6) is 0 Å². The van der Waals surface area contributed by atoms with Gasteiger partial charge in [-0.2, -0.15) is 0 Å². The van der Waals surface area contributed by atoms with Gasteiger partial charge < -0.3 is 8.85 Å². The molecule has 0 heterocycles. The van der Waals surface area contributed by atoms with Crippen LogP contribution in [0.3, 0.4) is 0 Å². The van der Waals surface area contributed by atoms with Gasteiger partial charge in [0.25, 0.3) is 0 Å². The molecule has 0 rings (SSSR count). The largest absolute Gasteiger partial charge is 0.397 e. The lowest BCUT2D eigenvalue weighted by Crippen LogP contribution is -2.53. The van der Waals surface area contributed by atoms with Crippen LogP contribution in [-0.4, -0.2) is 22.8 Å². The maximum atomic E-state index is 6.12. The Morgan fingerprint density at radius 1 is 0.720 bits per heavy atom. The van der Waals surface area contributed by atoms with E-state index in [2.05, 4.69) is 41.5 Å². The Bertz CT molecular complexity index is 311. The highest BCUT2D eigenvalue weighted by Crippen LogP contribution is 2.50. The molecule has 1 atom stereocenters. The third kappa shape index (κ3) is 8.13. The molecule has 0 radical (unpaired) electrons. The van der Waals surface area contributed by atoms with Crippen molar-refractivity contribution in [3.8, 4) is 0 Å². The van der Waals surface area contributed by atoms with E-state index in [-0.39, 0.29) is 5.04 Å². The maximum Gasteiger partial charge on any atom is 0.343 e. The fourth-order valence-electron chi connectivity index (χ4n) is 4.16. The second-order valence-corrected chi connectivity index (χ2v) is 13.0. The Labute approximate surface area is 160 Å². The molecule has 152 valence electrons. The zero-order chi connectivity index (χ0) is 19.3. The minimum atomic E-state index is -2.19. The Balaban J connectivity index is 4.24. The van der Waals surface area contributed by atoms with Gasteiger partial charge in [-0.3, -0.25) is 0 Å². The fourth-order valence-corrected chi connectivity index (χ4v) is 8.18. The van der Waals surface area contributed by atoms with Gasteiger partial charge in [-0.1, -0.05) is 106 Å². The monoisotopic (exact) mass is 372 g/mol. The molecule has 0 N–H and O–H groups in total. The first-order valence-electron chi connectivity index (χ1n) is 10.9. The minimum absolute atomic E-state index is 0.129. The zero-order valence-corrected chi connectivity index (χ0v) is 19.7. The van der Waals surface area contributed by atoms with Crippen LogP contribution < -0.4 is 0 Å². The summed E-state index contributed by atoms with van der Waals surface area (Å²) >= 11 is 0. The summed E-state index contributed by atoms with van der Waals surface area (Å²) in [5.41, 5.74) is 0. The molecule has 0 aliphatic carbocycles. The molecular formula is C22H48O2Si. The second-order valence-electron chi connectivity index (χ2n) is 8.85. The van der Waals surface area contributed by atoms with Crippen molar-refractivity contribution >= 4 is 8.56 Å². The van der Waals surface area contributed by atoms with Gasteiger partial charge in [0.05, 0.1) is 0 Å². The summed E-state index contributed by atoms with van der Waals surface area (Å²) in [7, 11) is 1.56. The van der Waals surface area contributed by atoms with E-state index >= 15 is 0 Å². The Morgan fingerprint density at radius 2 is 1.12 bits per heavy atom. The van der Waals surface area contributed by atoms with Crippen molar-refractivity contribution in [1.29, 1.82) is 0 Å². The van der Waals surface area contributed by atoms with E-state index < -0.39 is 8.56 Å². The first-order chi connectivity index (χ1) is 11.8. The number of unbranched alkanes of at least 4 members (excludes halogenated alkanes) is 9. The van der Waals surface area contributed by atoms with Gasteiger partial charge in [0, 0.05) is 19.3 Å². The molecule has 0 fully saturated rings. The second kappa shape index (κ2) is 13.3. The molecule has 25 heavy (non-hydrogen) atoms. The lowest BCUT2D eigenvalue weighted by molar-refractivity contribution is 0.171. The Hall–Kier alpha value is 0.137. The third-order valence-electron chi connectivity index (χ3n) is 6.64. The molecule has 0 aliphatic heterocycles. The van der Waals surface area contributed by atoms with Crippen molar-refractivity contribution in [2.45, 2.75) is 117 Å². The lowest BCUT2D eigenvalue weighted by Gasteiger charge is -2.46. The van der Waals surface area contributed by atoms with Crippen molar-refractivity contribution in [1.82, 2.24) is 0 Å². The van der Waals surface area contributed by atoms with Gasteiger partial charge >= 0.3 is 8.56 Å². The van der Waals surface area contributed by atoms with Gasteiger partial charge in [-0.15, -0.1) is 0 Å². The van der Waals surface area contributed by atoms with Crippen LogP contribution in [0.15, 0.2) is 0 Å². The van der Waals surface area contributed by atoms with Gasteiger partial charge in [0.15, 0.2) is 0 Å². The minimum Gasteiger partial charge on any atom is -0.397 e. The van der Waals surface area contributed by atoms with E-state index in [0.29, 0.717) is 11.8 Å². The Morgan fingerprint density at radius 3 is 1.48 bits per heavy atom. The average molecular weight is 373 g/mol. The van der Waals surface area contributed by atoms with Crippen molar-refractivity contribution in [2.24, 2.45) is 11.8 Å². The molecule has 0 amide bonds. The molecule has 1 unspecified atom stereocenters. The first-order valence-corrected chi connectivity index (χ1v) is 12.9. The summed E-state index contributed by atoms with van der Waals surface area (Å²) in [4.78, 5) is 0. The quantitative estimate of drug-likeness (QED) is 0.204. The van der Waals surface area contributed by atoms with Gasteiger partial charge in [-0.05, 0) is 17.9 Å². The van der Waals surface area contributed by atoms with E-state index in [1.165, 1.54) is 64.2 Å². The normalized spacial score (nSPS) is 14.3. The van der Waals surface area contributed by atoms with Crippen LogP contribution in [0.2, 0.25) is 11.1 Å². The molecule has 0 bridgehead atoms. The predicted octanol–water partition coefficient (Wildman–Crippen LogP) is 7.71. The summed E-state index contributed by atoms with van der Waals surface area (Å²) in [6, 6.07) is 1.13. The van der Waals surface area contributed by atoms with Gasteiger partial charge in [0.1, 0.15) is 0 Å². The molecular weight excluding hydrogens is 324 g/mol. The van der Waals surface area contributed by atoms with Gasteiger partial charge in [0.2, 0.25) is 0 Å². The van der Waals surface area contributed by atoms with Crippen LogP contribution in [0.4, 0.5) is 0 Å². The maximum absolute atomic E-state index is 6.12. The van der Waals surface area contributed by atoms with Crippen LogP contribution in [0.25, 0.3) is 0 Å². The van der Waals surface area contributed by atoms with Crippen LogP contribution in [-0.2, 0) is 8.85 Å². The standard InChI is InChI=1S/C22H48O2Si/c1-9-10-11-12-13-14-15-16-17-18-19-25(23-7,24-8)22(5,6)21(4)20(2)3/h20-21H,9-19H2,1-8H3. The molecule has 0 spiro atoms. The SMILES string of the molecule is CCCCCCCCCCCC[Si](OC)(OC)C(C)(C)C(C)C(C)C. The summed E-state index contributed by atoms with van der Waals surface area (Å²) in [5.74, 6) is 1.25. The number of hydrogen-bond acceptors (Lipinski definition) is 2. The fraction of sp³-hybridized carbons (Fsp3) is 1.00. The number of hydrogen-bond donors (Lipinski definition) is 0. The van der Waals surface area contributed by atoms with Crippen molar-refractivity contribution in [3.05, 3.63) is 0 Å². The van der Waals surface area contributed by atoms with Crippen LogP contribution in [0, 0.1) is 11.8 Å². The smallest absolute Gasteiger partial charge is 0.343 e. The average Bonchev–Trinajstić information content (AvgIpc) is 2.59. The molecule has 0 aromatic rings. The van der Waals surface area contributed by atoms with E-state index in [1.807, 2.05) is 14.2 Å². The zero-order valence-electron chi connectivity index (χ0n) is 18.7. The first kappa shape index (κ1) is 25.1. The van der Waals surface area contributed by atoms with Crippen molar-refractivity contribution in [3.63, 3.8) is 0 Å². The van der Waals surface area contributed by atoms with Crippen molar-refractivity contribution < 1.29 is 8.85 Å². The molecule has 0 aliphatic rings. The highest BCUT2D eigenvalue weighted by atomic mass is 28.4. The van der Waals surface area contributed by atoms with E-state index in [4.69, 9.17) is 8.85 Å². The van der Waals surface area contributed by atoms with Gasteiger partial charge in [-0.25, -0.2) is 0 Å². The highest BCUT2D eigenvalue weighted by Gasteiger charge is 2.53. The predicted molar refractivity (Wildman–Crippen MR) is 114 cm³/mol. The summed E-state index contributed by atoms with van der Waals surface area (Å²) in [5, 5.41) is 0.129. The van der Waals surface area contributed by atoms with Crippen molar-refractivity contribution in [2.75, 3.05) is 14.2 Å². The molecule has 0 aromatic carbocycles. The highest BCUT2D eigenvalue weighted by molar-refractivity contribution is 6.70. The van der Waals surface area contributed by atoms with E-state index in [0.717, 1.165) is 6.04 Å². The molecule has 2 nitrogen and oxygen atoms in total. The molecule has 0 saturated heterocycles. The van der Waals surface area contributed by atoms with E-state index in [1.54, 1.807) is 0 Å². The van der Waals surface area contributed by atoms with Crippen LogP contribution in [0.1, 0.15) is 106 Å². The molecule has 0 saturated carbocycles. The topological polar surface area (TPSA) is 18.5 Å². The molecule has 0 aromatic heterocycles. The summed E-state index contributed by atoms with van der Waals surface area (Å²) < 4.78 is 12.2. The summed E-state index contributed by atoms with van der Waals surface area (Å²) in [6.07, 6.45) is 13.8. The van der Waals surface area contributed by atoms with Crippen LogP contribution >= 0.6 is 0 Å². The summed E-state index contributed by atoms with van der Waals surface area (Å²) in [6.45, 7) is 14.0. The lowest BCUT2D eigenvalue weighted by atomic mass is 9.86. The third-order valence-corrected chi connectivity index (χ3v) is 11.4.